The van der Waals surface area contributed by atoms with Gasteiger partial charge in [0.15, 0.2) is 0 Å². The lowest BCUT2D eigenvalue weighted by atomic mass is 10.2. The molecule has 1 amide bonds. The number of aryl methyl sites for hydroxylation is 1. The van der Waals surface area contributed by atoms with Crippen molar-refractivity contribution in [3.63, 3.8) is 0 Å². The Labute approximate surface area is 127 Å². The Hall–Kier alpha value is -2.57. The second kappa shape index (κ2) is 6.93. The highest BCUT2D eigenvalue weighted by Gasteiger charge is 2.12. The molecule has 0 aliphatic carbocycles. The van der Waals surface area contributed by atoms with E-state index >= 15 is 0 Å². The van der Waals surface area contributed by atoms with Gasteiger partial charge in [-0.2, -0.15) is 0 Å². The number of nitrogens with one attached hydrogen (secondary N) is 1. The molecule has 0 fully saturated rings. The quantitative estimate of drug-likeness (QED) is 0.737. The maximum atomic E-state index is 12.2. The van der Waals surface area contributed by atoms with Crippen LogP contribution < -0.4 is 11.0 Å². The average molecular weight is 305 g/mol. The Balaban J connectivity index is 1.96. The number of hydrogen-bond donors (Lipinski definition) is 2. The van der Waals surface area contributed by atoms with Crippen LogP contribution in [0.15, 0.2) is 29.1 Å². The second-order valence-electron chi connectivity index (χ2n) is 5.12. The van der Waals surface area contributed by atoms with E-state index in [9.17, 15) is 14.4 Å². The zero-order chi connectivity index (χ0) is 16.1. The standard InChI is InChI=1S/C15H19N3O4/c1-17-11-6-2-3-7-12(11)18(15(17)22)10-13(19)16-9-5-4-8-14(20)21/h2-3,6-7H,4-5,8-10H2,1H3,(H,16,19)(H,20,21). The van der Waals surface area contributed by atoms with Crippen molar-refractivity contribution in [1.82, 2.24) is 14.5 Å². The number of imidazole rings is 1. The van der Waals surface area contributed by atoms with Crippen molar-refractivity contribution in [2.24, 2.45) is 7.05 Å². The number of nitrogens with zero attached hydrogens (tertiary/aromatic N) is 2. The van der Waals surface area contributed by atoms with Gasteiger partial charge in [0, 0.05) is 20.0 Å². The molecule has 0 atom stereocenters. The van der Waals surface area contributed by atoms with E-state index in [0.717, 1.165) is 11.0 Å². The molecule has 2 N–H and O–H groups in total. The fourth-order valence-corrected chi connectivity index (χ4v) is 2.34. The molecule has 0 aliphatic rings. The number of rotatable bonds is 7. The van der Waals surface area contributed by atoms with E-state index in [1.807, 2.05) is 18.2 Å². The van der Waals surface area contributed by atoms with Crippen molar-refractivity contribution in [2.45, 2.75) is 25.8 Å². The highest BCUT2D eigenvalue weighted by Crippen LogP contribution is 2.11. The number of carboxylic acid groups (broad SMARTS) is 1. The molecule has 22 heavy (non-hydrogen) atoms. The lowest BCUT2D eigenvalue weighted by molar-refractivity contribution is -0.137. The van der Waals surface area contributed by atoms with Gasteiger partial charge in [0.05, 0.1) is 11.0 Å². The summed E-state index contributed by atoms with van der Waals surface area (Å²) in [6, 6.07) is 7.30. The van der Waals surface area contributed by atoms with Gasteiger partial charge >= 0.3 is 11.7 Å². The largest absolute Gasteiger partial charge is 0.481 e. The Kier molecular flexibility index (Phi) is 4.98. The summed E-state index contributed by atoms with van der Waals surface area (Å²) in [6.07, 6.45) is 1.21. The van der Waals surface area contributed by atoms with Crippen LogP contribution in [0.2, 0.25) is 0 Å². The minimum atomic E-state index is -0.839. The molecule has 0 saturated heterocycles. The molecule has 7 nitrogen and oxygen atoms in total. The molecule has 1 heterocycles. The number of unbranched alkanes of at least 4 members (excludes halogenated alkanes) is 1. The Morgan fingerprint density at radius 2 is 1.86 bits per heavy atom. The van der Waals surface area contributed by atoms with E-state index in [1.165, 1.54) is 9.13 Å². The summed E-state index contributed by atoms with van der Waals surface area (Å²) in [7, 11) is 1.67. The molecular formula is C15H19N3O4. The summed E-state index contributed by atoms with van der Waals surface area (Å²) in [5, 5.41) is 11.2. The molecule has 0 bridgehead atoms. The van der Waals surface area contributed by atoms with Crippen LogP contribution in [0.5, 0.6) is 0 Å². The highest BCUT2D eigenvalue weighted by molar-refractivity contribution is 5.80. The predicted molar refractivity (Wildman–Crippen MR) is 81.7 cm³/mol. The zero-order valence-electron chi connectivity index (χ0n) is 12.4. The van der Waals surface area contributed by atoms with Crippen LogP contribution in [0.25, 0.3) is 11.0 Å². The van der Waals surface area contributed by atoms with Gasteiger partial charge in [-0.05, 0) is 25.0 Å². The minimum absolute atomic E-state index is 0.0425. The predicted octanol–water partition coefficient (Wildman–Crippen LogP) is 0.711. The van der Waals surface area contributed by atoms with E-state index in [2.05, 4.69) is 5.32 Å². The topological polar surface area (TPSA) is 93.3 Å². The molecule has 2 rings (SSSR count). The molecule has 118 valence electrons. The van der Waals surface area contributed by atoms with Crippen LogP contribution in [-0.4, -0.2) is 32.7 Å². The van der Waals surface area contributed by atoms with Crippen LogP contribution in [0.3, 0.4) is 0 Å². The number of aliphatic carboxylic acids is 1. The molecule has 1 aromatic carbocycles. The van der Waals surface area contributed by atoms with Crippen molar-refractivity contribution < 1.29 is 14.7 Å². The molecule has 0 radical (unpaired) electrons. The van der Waals surface area contributed by atoms with Gasteiger partial charge in [0.1, 0.15) is 6.54 Å². The Bertz CT molecular complexity index is 745. The van der Waals surface area contributed by atoms with Crippen LogP contribution >= 0.6 is 0 Å². The lowest BCUT2D eigenvalue weighted by Crippen LogP contribution is -2.33. The molecule has 7 heteroatoms. The van der Waals surface area contributed by atoms with Gasteiger partial charge in [0.2, 0.25) is 5.91 Å². The number of hydrogen-bond acceptors (Lipinski definition) is 3. The van der Waals surface area contributed by atoms with Crippen molar-refractivity contribution >= 4 is 22.9 Å². The number of carbonyl (C=O) groups is 2. The summed E-state index contributed by atoms with van der Waals surface area (Å²) in [4.78, 5) is 34.4. The SMILES string of the molecule is Cn1c(=O)n(CC(=O)NCCCCC(=O)O)c2ccccc21. The van der Waals surface area contributed by atoms with Gasteiger partial charge in [-0.25, -0.2) is 4.79 Å². The number of fused-ring (bicyclic) bond motifs is 1. The summed E-state index contributed by atoms with van der Waals surface area (Å²) in [6.45, 7) is 0.366. The Morgan fingerprint density at radius 3 is 2.55 bits per heavy atom. The molecule has 0 unspecified atom stereocenters. The third-order valence-electron chi connectivity index (χ3n) is 3.49. The van der Waals surface area contributed by atoms with Crippen molar-refractivity contribution in [3.8, 4) is 0 Å². The van der Waals surface area contributed by atoms with Crippen molar-refractivity contribution in [3.05, 3.63) is 34.7 Å². The van der Waals surface area contributed by atoms with E-state index in [0.29, 0.717) is 19.4 Å². The van der Waals surface area contributed by atoms with Gasteiger partial charge in [-0.15, -0.1) is 0 Å². The number of carboxylic acids is 1. The van der Waals surface area contributed by atoms with E-state index in [4.69, 9.17) is 5.11 Å². The first-order valence-electron chi connectivity index (χ1n) is 7.13. The molecular weight excluding hydrogens is 286 g/mol. The zero-order valence-corrected chi connectivity index (χ0v) is 12.4. The van der Waals surface area contributed by atoms with Crippen molar-refractivity contribution in [1.29, 1.82) is 0 Å². The molecule has 0 aliphatic heterocycles. The Morgan fingerprint density at radius 1 is 1.18 bits per heavy atom. The van der Waals surface area contributed by atoms with Crippen LogP contribution in [-0.2, 0) is 23.2 Å². The van der Waals surface area contributed by atoms with Crippen molar-refractivity contribution in [2.75, 3.05) is 6.54 Å². The van der Waals surface area contributed by atoms with E-state index in [-0.39, 0.29) is 24.6 Å². The average Bonchev–Trinajstić information content (AvgIpc) is 2.72. The van der Waals surface area contributed by atoms with E-state index in [1.54, 1.807) is 13.1 Å². The highest BCUT2D eigenvalue weighted by atomic mass is 16.4. The van der Waals surface area contributed by atoms with Gasteiger partial charge in [-0.1, -0.05) is 12.1 Å². The first-order valence-corrected chi connectivity index (χ1v) is 7.13. The number of para-hydroxylation sites is 2. The molecule has 0 spiro atoms. The van der Waals surface area contributed by atoms with Crippen LogP contribution in [0, 0.1) is 0 Å². The number of aromatic nitrogens is 2. The number of amides is 1. The van der Waals surface area contributed by atoms with Gasteiger partial charge in [-0.3, -0.25) is 18.7 Å². The smallest absolute Gasteiger partial charge is 0.329 e. The third kappa shape index (κ3) is 3.55. The monoisotopic (exact) mass is 305 g/mol. The molecule has 1 aromatic heterocycles. The van der Waals surface area contributed by atoms with Gasteiger partial charge in [0.25, 0.3) is 0 Å². The van der Waals surface area contributed by atoms with Crippen LogP contribution in [0.4, 0.5) is 0 Å². The lowest BCUT2D eigenvalue weighted by Gasteiger charge is -2.05. The maximum Gasteiger partial charge on any atom is 0.329 e. The summed E-state index contributed by atoms with van der Waals surface area (Å²) < 4.78 is 2.94. The molecule has 2 aromatic rings. The normalized spacial score (nSPS) is 10.8. The summed E-state index contributed by atoms with van der Waals surface area (Å²) >= 11 is 0. The number of carbonyl (C=O) groups excluding carboxylic acids is 1. The second-order valence-corrected chi connectivity index (χ2v) is 5.12. The minimum Gasteiger partial charge on any atom is -0.481 e. The first-order chi connectivity index (χ1) is 10.5. The summed E-state index contributed by atoms with van der Waals surface area (Å²) in [5.74, 6) is -1.09. The van der Waals surface area contributed by atoms with E-state index < -0.39 is 5.97 Å². The first kappa shape index (κ1) is 15.8. The maximum absolute atomic E-state index is 12.2. The van der Waals surface area contributed by atoms with Gasteiger partial charge < -0.3 is 10.4 Å². The third-order valence-corrected chi connectivity index (χ3v) is 3.49. The molecule has 0 saturated carbocycles. The number of benzene rings is 1. The fourth-order valence-electron chi connectivity index (χ4n) is 2.34. The summed E-state index contributed by atoms with van der Waals surface area (Å²) in [5.41, 5.74) is 1.26. The fraction of sp³-hybridized carbons (Fsp3) is 0.400. The van der Waals surface area contributed by atoms with Crippen LogP contribution in [0.1, 0.15) is 19.3 Å².